The first-order valence-corrected chi connectivity index (χ1v) is 7.45. The number of hydrogen-bond donors (Lipinski definition) is 1. The van der Waals surface area contributed by atoms with Crippen molar-refractivity contribution >= 4 is 11.6 Å². The first kappa shape index (κ1) is 14.5. The second-order valence-electron chi connectivity index (χ2n) is 5.86. The van der Waals surface area contributed by atoms with Gasteiger partial charge in [0.25, 0.3) is 5.89 Å². The predicted molar refractivity (Wildman–Crippen MR) is 78.2 cm³/mol. The van der Waals surface area contributed by atoms with Crippen molar-refractivity contribution in [1.29, 1.82) is 0 Å². The Balaban J connectivity index is 1.92. The van der Waals surface area contributed by atoms with Crippen LogP contribution in [0.5, 0.6) is 0 Å². The van der Waals surface area contributed by atoms with Crippen LogP contribution in [0.2, 0.25) is 5.02 Å². The predicted octanol–water partition coefficient (Wildman–Crippen LogP) is 3.89. The molecule has 0 amide bonds. The van der Waals surface area contributed by atoms with Gasteiger partial charge in [-0.3, -0.25) is 0 Å². The molecule has 0 atom stereocenters. The summed E-state index contributed by atoms with van der Waals surface area (Å²) in [5.41, 5.74) is 6.24. The number of aromatic nitrogens is 2. The van der Waals surface area contributed by atoms with E-state index in [1.807, 2.05) is 0 Å². The third-order valence-corrected chi connectivity index (χ3v) is 4.60. The van der Waals surface area contributed by atoms with Gasteiger partial charge in [-0.15, -0.1) is 0 Å². The Kier molecular flexibility index (Phi) is 3.71. The van der Waals surface area contributed by atoms with Crippen LogP contribution in [-0.2, 0) is 5.54 Å². The van der Waals surface area contributed by atoms with Gasteiger partial charge in [-0.05, 0) is 43.7 Å². The van der Waals surface area contributed by atoms with Gasteiger partial charge in [0.15, 0.2) is 5.82 Å². The highest BCUT2D eigenvalue weighted by molar-refractivity contribution is 6.33. The molecule has 0 aliphatic heterocycles. The smallest absolute Gasteiger partial charge is 0.259 e. The largest absolute Gasteiger partial charge is 0.334 e. The molecule has 0 spiro atoms. The first-order valence-electron chi connectivity index (χ1n) is 7.07. The van der Waals surface area contributed by atoms with Gasteiger partial charge < -0.3 is 10.3 Å². The Morgan fingerprint density at radius 3 is 2.81 bits per heavy atom. The summed E-state index contributed by atoms with van der Waals surface area (Å²) in [6.45, 7) is 2.22. The van der Waals surface area contributed by atoms with Crippen molar-refractivity contribution in [3.05, 3.63) is 34.9 Å². The minimum Gasteiger partial charge on any atom is -0.334 e. The first-order chi connectivity index (χ1) is 9.99. The number of benzene rings is 1. The van der Waals surface area contributed by atoms with E-state index in [4.69, 9.17) is 21.9 Å². The van der Waals surface area contributed by atoms with Crippen LogP contribution in [0, 0.1) is 11.7 Å². The van der Waals surface area contributed by atoms with Crippen LogP contribution in [0.15, 0.2) is 22.7 Å². The van der Waals surface area contributed by atoms with Crippen molar-refractivity contribution in [3.8, 4) is 11.5 Å². The summed E-state index contributed by atoms with van der Waals surface area (Å²) in [5, 5.41) is 3.97. The number of hydrogen-bond acceptors (Lipinski definition) is 4. The molecule has 4 nitrogen and oxygen atoms in total. The van der Waals surface area contributed by atoms with Crippen molar-refractivity contribution in [3.63, 3.8) is 0 Å². The van der Waals surface area contributed by atoms with Crippen LogP contribution in [0.4, 0.5) is 4.39 Å². The minimum absolute atomic E-state index is 0.0176. The maximum atomic E-state index is 13.5. The van der Waals surface area contributed by atoms with E-state index in [0.29, 0.717) is 17.3 Å². The van der Waals surface area contributed by atoms with Crippen LogP contribution in [0.3, 0.4) is 0 Å². The van der Waals surface area contributed by atoms with Gasteiger partial charge in [0.05, 0.1) is 16.1 Å². The lowest BCUT2D eigenvalue weighted by molar-refractivity contribution is 0.230. The van der Waals surface area contributed by atoms with E-state index in [9.17, 15) is 4.39 Å². The fourth-order valence-corrected chi connectivity index (χ4v) is 2.91. The lowest BCUT2D eigenvalue weighted by Crippen LogP contribution is -2.41. The lowest BCUT2D eigenvalue weighted by Gasteiger charge is -2.33. The van der Waals surface area contributed by atoms with Crippen LogP contribution >= 0.6 is 11.6 Å². The Hall–Kier alpha value is -1.46. The Bertz CT molecular complexity index is 650. The maximum Gasteiger partial charge on any atom is 0.259 e. The fourth-order valence-electron chi connectivity index (χ4n) is 2.70. The molecule has 1 fully saturated rings. The molecule has 0 bridgehead atoms. The molecule has 2 N–H and O–H groups in total. The number of halogens is 2. The summed E-state index contributed by atoms with van der Waals surface area (Å²) in [7, 11) is 0. The highest BCUT2D eigenvalue weighted by Gasteiger charge is 2.36. The van der Waals surface area contributed by atoms with Gasteiger partial charge in [-0.2, -0.15) is 4.98 Å². The average molecular weight is 310 g/mol. The molecule has 1 aromatic heterocycles. The Morgan fingerprint density at radius 2 is 2.10 bits per heavy atom. The molecule has 1 heterocycles. The lowest BCUT2D eigenvalue weighted by atomic mass is 9.77. The minimum atomic E-state index is -0.561. The van der Waals surface area contributed by atoms with E-state index in [1.54, 1.807) is 12.1 Å². The molecule has 2 aromatic rings. The Labute approximate surface area is 127 Å². The standard InChI is InChI=1S/C15H17ClFN3O/c1-9-5-7-15(18,8-6-9)14-19-13(21-20-14)10-3-2-4-11(17)12(10)16/h2-4,9H,5-8,18H2,1H3. The molecular formula is C15H17ClFN3O. The molecule has 1 saturated carbocycles. The third kappa shape index (κ3) is 2.68. The Morgan fingerprint density at radius 1 is 1.38 bits per heavy atom. The summed E-state index contributed by atoms with van der Waals surface area (Å²) in [4.78, 5) is 4.35. The molecular weight excluding hydrogens is 293 g/mol. The van der Waals surface area contributed by atoms with E-state index in [0.717, 1.165) is 25.7 Å². The summed E-state index contributed by atoms with van der Waals surface area (Å²) < 4.78 is 18.7. The van der Waals surface area contributed by atoms with Crippen LogP contribution < -0.4 is 5.73 Å². The van der Waals surface area contributed by atoms with E-state index < -0.39 is 11.4 Å². The quantitative estimate of drug-likeness (QED) is 0.914. The SMILES string of the molecule is CC1CCC(N)(c2noc(-c3cccc(F)c3Cl)n2)CC1. The normalized spacial score (nSPS) is 26.0. The molecule has 6 heteroatoms. The molecule has 1 aliphatic rings. The molecule has 21 heavy (non-hydrogen) atoms. The number of nitrogens with zero attached hydrogens (tertiary/aromatic N) is 2. The van der Waals surface area contributed by atoms with E-state index >= 15 is 0 Å². The average Bonchev–Trinajstić information content (AvgIpc) is 2.96. The molecule has 0 unspecified atom stereocenters. The molecule has 1 aliphatic carbocycles. The number of rotatable bonds is 2. The van der Waals surface area contributed by atoms with Gasteiger partial charge in [0.1, 0.15) is 5.82 Å². The van der Waals surface area contributed by atoms with Crippen molar-refractivity contribution < 1.29 is 8.91 Å². The summed E-state index contributed by atoms with van der Waals surface area (Å²) in [6.07, 6.45) is 3.73. The molecule has 1 aromatic carbocycles. The van der Waals surface area contributed by atoms with E-state index in [2.05, 4.69) is 17.1 Å². The maximum absolute atomic E-state index is 13.5. The van der Waals surface area contributed by atoms with Crippen LogP contribution in [0.25, 0.3) is 11.5 Å². The van der Waals surface area contributed by atoms with Crippen molar-refractivity contribution in [2.75, 3.05) is 0 Å². The molecule has 3 rings (SSSR count). The summed E-state index contributed by atoms with van der Waals surface area (Å²) in [6, 6.07) is 4.49. The van der Waals surface area contributed by atoms with Gasteiger partial charge in [-0.25, -0.2) is 4.39 Å². The highest BCUT2D eigenvalue weighted by atomic mass is 35.5. The monoisotopic (exact) mass is 309 g/mol. The zero-order valence-corrected chi connectivity index (χ0v) is 12.5. The topological polar surface area (TPSA) is 64.9 Å². The van der Waals surface area contributed by atoms with Gasteiger partial charge >= 0.3 is 0 Å². The van der Waals surface area contributed by atoms with Crippen LogP contribution in [0.1, 0.15) is 38.4 Å². The second-order valence-corrected chi connectivity index (χ2v) is 6.24. The fraction of sp³-hybridized carbons (Fsp3) is 0.467. The second kappa shape index (κ2) is 5.39. The van der Waals surface area contributed by atoms with Crippen LogP contribution in [-0.4, -0.2) is 10.1 Å². The molecule has 0 saturated heterocycles. The molecule has 0 radical (unpaired) electrons. The van der Waals surface area contributed by atoms with E-state index in [-0.39, 0.29) is 10.9 Å². The summed E-state index contributed by atoms with van der Waals surface area (Å²) >= 11 is 5.94. The zero-order chi connectivity index (χ0) is 15.0. The van der Waals surface area contributed by atoms with Crippen molar-refractivity contribution in [2.24, 2.45) is 11.7 Å². The van der Waals surface area contributed by atoms with Gasteiger partial charge in [0, 0.05) is 0 Å². The number of nitrogens with two attached hydrogens (primary N) is 1. The van der Waals surface area contributed by atoms with E-state index in [1.165, 1.54) is 6.07 Å². The van der Waals surface area contributed by atoms with Gasteiger partial charge in [0.2, 0.25) is 0 Å². The third-order valence-electron chi connectivity index (χ3n) is 4.22. The zero-order valence-electron chi connectivity index (χ0n) is 11.8. The molecule has 112 valence electrons. The van der Waals surface area contributed by atoms with Crippen molar-refractivity contribution in [2.45, 2.75) is 38.1 Å². The summed E-state index contributed by atoms with van der Waals surface area (Å²) in [5.74, 6) is 0.844. The highest BCUT2D eigenvalue weighted by Crippen LogP contribution is 2.37. The van der Waals surface area contributed by atoms with Crippen molar-refractivity contribution in [1.82, 2.24) is 10.1 Å². The van der Waals surface area contributed by atoms with Gasteiger partial charge in [-0.1, -0.05) is 29.7 Å².